The molecule has 0 aliphatic rings. The number of rotatable bonds is 7. The summed E-state index contributed by atoms with van der Waals surface area (Å²) in [5.74, 6) is 0.176. The van der Waals surface area contributed by atoms with Crippen molar-refractivity contribution in [3.8, 4) is 5.75 Å². The molecule has 6 nitrogen and oxygen atoms in total. The van der Waals surface area contributed by atoms with Crippen LogP contribution < -0.4 is 15.4 Å². The fraction of sp³-hybridized carbons (Fsp3) is 0.150. The lowest BCUT2D eigenvalue weighted by Crippen LogP contribution is -2.14. The van der Waals surface area contributed by atoms with Gasteiger partial charge in [-0.05, 0) is 24.1 Å². The molecule has 2 aromatic carbocycles. The van der Waals surface area contributed by atoms with Crippen molar-refractivity contribution in [1.29, 1.82) is 0 Å². The predicted molar refractivity (Wildman–Crippen MR) is 106 cm³/mol. The van der Waals surface area contributed by atoms with Crippen molar-refractivity contribution in [1.82, 2.24) is 4.98 Å². The Morgan fingerprint density at radius 2 is 1.89 bits per heavy atom. The fourth-order valence-electron chi connectivity index (χ4n) is 2.42. The van der Waals surface area contributed by atoms with Crippen LogP contribution >= 0.6 is 11.3 Å². The average Bonchev–Trinajstić information content (AvgIpc) is 3.16. The number of carbonyl (C=O) groups excluding carboxylic acids is 2. The van der Waals surface area contributed by atoms with Crippen molar-refractivity contribution in [2.24, 2.45) is 0 Å². The molecule has 0 spiro atoms. The summed E-state index contributed by atoms with van der Waals surface area (Å²) < 4.78 is 5.13. The molecular formula is C20H19N3O3S. The number of carbonyl (C=O) groups is 2. The summed E-state index contributed by atoms with van der Waals surface area (Å²) in [5, 5.41) is 7.52. The van der Waals surface area contributed by atoms with Crippen LogP contribution in [0.5, 0.6) is 5.75 Å². The van der Waals surface area contributed by atoms with E-state index in [1.165, 1.54) is 11.3 Å². The molecule has 2 amide bonds. The van der Waals surface area contributed by atoms with Crippen LogP contribution in [-0.4, -0.2) is 23.9 Å². The smallest absolute Gasteiger partial charge is 0.275 e. The molecule has 0 aliphatic heterocycles. The van der Waals surface area contributed by atoms with E-state index in [2.05, 4.69) is 15.6 Å². The van der Waals surface area contributed by atoms with E-state index in [0.29, 0.717) is 29.4 Å². The monoisotopic (exact) mass is 381 g/mol. The van der Waals surface area contributed by atoms with Crippen LogP contribution in [0.25, 0.3) is 0 Å². The molecule has 3 rings (SSSR count). The molecule has 0 radical (unpaired) electrons. The van der Waals surface area contributed by atoms with Crippen LogP contribution in [0.15, 0.2) is 60.0 Å². The quantitative estimate of drug-likeness (QED) is 0.649. The Bertz CT molecular complexity index is 925. The van der Waals surface area contributed by atoms with Gasteiger partial charge in [0.05, 0.1) is 7.11 Å². The first kappa shape index (κ1) is 18.6. The number of benzene rings is 2. The van der Waals surface area contributed by atoms with Crippen LogP contribution in [0.2, 0.25) is 0 Å². The number of ether oxygens (including phenoxy) is 1. The highest BCUT2D eigenvalue weighted by Crippen LogP contribution is 2.20. The van der Waals surface area contributed by atoms with E-state index in [1.807, 2.05) is 30.3 Å². The van der Waals surface area contributed by atoms with Crippen molar-refractivity contribution < 1.29 is 14.3 Å². The maximum absolute atomic E-state index is 12.3. The second kappa shape index (κ2) is 8.95. The van der Waals surface area contributed by atoms with Crippen molar-refractivity contribution >= 4 is 34.0 Å². The number of thiazole rings is 1. The zero-order chi connectivity index (χ0) is 19.1. The molecule has 138 valence electrons. The maximum Gasteiger partial charge on any atom is 0.275 e. The number of nitrogens with zero attached hydrogens (tertiary/aromatic N) is 1. The minimum absolute atomic E-state index is 0.132. The van der Waals surface area contributed by atoms with Crippen LogP contribution in [0.4, 0.5) is 10.8 Å². The van der Waals surface area contributed by atoms with Gasteiger partial charge in [-0.2, -0.15) is 0 Å². The van der Waals surface area contributed by atoms with Gasteiger partial charge >= 0.3 is 0 Å². The van der Waals surface area contributed by atoms with E-state index in [9.17, 15) is 9.59 Å². The van der Waals surface area contributed by atoms with Gasteiger partial charge in [-0.3, -0.25) is 9.59 Å². The highest BCUT2D eigenvalue weighted by atomic mass is 32.1. The first-order chi connectivity index (χ1) is 13.1. The molecule has 0 aliphatic carbocycles. The van der Waals surface area contributed by atoms with Gasteiger partial charge in [0.15, 0.2) is 5.13 Å². The zero-order valence-electron chi connectivity index (χ0n) is 14.8. The van der Waals surface area contributed by atoms with Crippen LogP contribution in [0.3, 0.4) is 0 Å². The Morgan fingerprint density at radius 3 is 2.67 bits per heavy atom. The van der Waals surface area contributed by atoms with E-state index in [1.54, 1.807) is 36.8 Å². The van der Waals surface area contributed by atoms with Gasteiger partial charge in [-0.15, -0.1) is 11.3 Å². The van der Waals surface area contributed by atoms with Crippen molar-refractivity contribution in [3.63, 3.8) is 0 Å². The molecule has 1 heterocycles. The maximum atomic E-state index is 12.3. The second-order valence-corrected chi connectivity index (χ2v) is 6.62. The SMILES string of the molecule is COc1cccc(NC(=O)c2csc(NC(=O)CCc3ccccc3)n2)c1. The summed E-state index contributed by atoms with van der Waals surface area (Å²) in [7, 11) is 1.56. The molecule has 0 saturated carbocycles. The highest BCUT2D eigenvalue weighted by Gasteiger charge is 2.13. The van der Waals surface area contributed by atoms with Gasteiger partial charge in [0.25, 0.3) is 5.91 Å². The lowest BCUT2D eigenvalue weighted by atomic mass is 10.1. The average molecular weight is 381 g/mol. The van der Waals surface area contributed by atoms with E-state index >= 15 is 0 Å². The zero-order valence-corrected chi connectivity index (χ0v) is 15.6. The van der Waals surface area contributed by atoms with E-state index in [0.717, 1.165) is 5.56 Å². The van der Waals surface area contributed by atoms with Gasteiger partial charge in [-0.1, -0.05) is 36.4 Å². The standard InChI is InChI=1S/C20H19N3O3S/c1-26-16-9-5-8-15(12-16)21-19(25)17-13-27-20(22-17)23-18(24)11-10-14-6-3-2-4-7-14/h2-9,12-13H,10-11H2,1H3,(H,21,25)(H,22,23,24). The Balaban J connectivity index is 1.54. The van der Waals surface area contributed by atoms with Crippen LogP contribution in [0.1, 0.15) is 22.5 Å². The van der Waals surface area contributed by atoms with E-state index in [-0.39, 0.29) is 17.5 Å². The highest BCUT2D eigenvalue weighted by molar-refractivity contribution is 7.14. The Morgan fingerprint density at radius 1 is 1.07 bits per heavy atom. The molecule has 3 aromatic rings. The summed E-state index contributed by atoms with van der Waals surface area (Å²) in [6.07, 6.45) is 1.01. The summed E-state index contributed by atoms with van der Waals surface area (Å²) in [6.45, 7) is 0. The van der Waals surface area contributed by atoms with Crippen LogP contribution in [-0.2, 0) is 11.2 Å². The lowest BCUT2D eigenvalue weighted by molar-refractivity contribution is -0.116. The molecular weight excluding hydrogens is 362 g/mol. The molecule has 27 heavy (non-hydrogen) atoms. The topological polar surface area (TPSA) is 80.3 Å². The number of methoxy groups -OCH3 is 1. The van der Waals surface area contributed by atoms with Crippen molar-refractivity contribution in [2.45, 2.75) is 12.8 Å². The summed E-state index contributed by atoms with van der Waals surface area (Å²) in [4.78, 5) is 28.6. The fourth-order valence-corrected chi connectivity index (χ4v) is 3.12. The number of aryl methyl sites for hydroxylation is 1. The number of aromatic nitrogens is 1. The molecule has 0 fully saturated rings. The molecule has 0 bridgehead atoms. The van der Waals surface area contributed by atoms with Crippen molar-refractivity contribution in [3.05, 3.63) is 71.2 Å². The van der Waals surface area contributed by atoms with Crippen molar-refractivity contribution in [2.75, 3.05) is 17.7 Å². The Labute approximate surface area is 161 Å². The Kier molecular flexibility index (Phi) is 6.17. The Hall–Kier alpha value is -3.19. The summed E-state index contributed by atoms with van der Waals surface area (Å²) in [5.41, 5.74) is 1.96. The van der Waals surface area contributed by atoms with Gasteiger partial charge in [0.1, 0.15) is 11.4 Å². The summed E-state index contributed by atoms with van der Waals surface area (Å²) >= 11 is 1.22. The molecule has 7 heteroatoms. The number of hydrogen-bond donors (Lipinski definition) is 2. The normalized spacial score (nSPS) is 10.3. The number of hydrogen-bond acceptors (Lipinski definition) is 5. The van der Waals surface area contributed by atoms with E-state index in [4.69, 9.17) is 4.74 Å². The first-order valence-electron chi connectivity index (χ1n) is 8.39. The third-order valence-corrected chi connectivity index (χ3v) is 4.55. The van der Waals surface area contributed by atoms with E-state index < -0.39 is 0 Å². The summed E-state index contributed by atoms with van der Waals surface area (Å²) in [6, 6.07) is 16.9. The van der Waals surface area contributed by atoms with Gasteiger partial charge in [0.2, 0.25) is 5.91 Å². The number of amides is 2. The largest absolute Gasteiger partial charge is 0.497 e. The van der Waals surface area contributed by atoms with Gasteiger partial charge in [0, 0.05) is 23.6 Å². The first-order valence-corrected chi connectivity index (χ1v) is 9.27. The third kappa shape index (κ3) is 5.39. The minimum Gasteiger partial charge on any atom is -0.497 e. The molecule has 0 saturated heterocycles. The molecule has 0 atom stereocenters. The third-order valence-electron chi connectivity index (χ3n) is 3.79. The molecule has 0 unspecified atom stereocenters. The van der Waals surface area contributed by atoms with Crippen LogP contribution in [0, 0.1) is 0 Å². The molecule has 1 aromatic heterocycles. The van der Waals surface area contributed by atoms with Gasteiger partial charge in [-0.25, -0.2) is 4.98 Å². The minimum atomic E-state index is -0.343. The molecule has 2 N–H and O–H groups in total. The predicted octanol–water partition coefficient (Wildman–Crippen LogP) is 3.98. The second-order valence-electron chi connectivity index (χ2n) is 5.76. The lowest BCUT2D eigenvalue weighted by Gasteiger charge is -2.05. The number of nitrogens with one attached hydrogen (secondary N) is 2. The number of anilines is 2. The van der Waals surface area contributed by atoms with Gasteiger partial charge < -0.3 is 15.4 Å².